The molecule has 0 unspecified atom stereocenters. The van der Waals surface area contributed by atoms with E-state index in [1.807, 2.05) is 24.7 Å². The van der Waals surface area contributed by atoms with Gasteiger partial charge in [-0.2, -0.15) is 0 Å². The van der Waals surface area contributed by atoms with Gasteiger partial charge < -0.3 is 14.8 Å². The lowest BCUT2D eigenvalue weighted by molar-refractivity contribution is 0.194. The Balaban J connectivity index is 1.43. The van der Waals surface area contributed by atoms with Gasteiger partial charge in [0.25, 0.3) is 0 Å². The molecule has 7 heteroatoms. The summed E-state index contributed by atoms with van der Waals surface area (Å²) < 4.78 is 1.91. The number of nitrogens with one attached hydrogen (secondary N) is 1. The number of hydrogen-bond donors (Lipinski definition) is 1. The molecule has 0 saturated carbocycles. The summed E-state index contributed by atoms with van der Waals surface area (Å²) in [6.07, 6.45) is 6.14. The molecule has 1 saturated heterocycles. The number of aliphatic imine (C=N–C) groups is 1. The molecule has 0 radical (unpaired) electrons. The van der Waals surface area contributed by atoms with E-state index in [4.69, 9.17) is 0 Å². The predicted molar refractivity (Wildman–Crippen MR) is 105 cm³/mol. The second-order valence-corrected chi connectivity index (χ2v) is 6.36. The first kappa shape index (κ1) is 18.1. The lowest BCUT2D eigenvalue weighted by atomic mass is 10.2. The summed E-state index contributed by atoms with van der Waals surface area (Å²) in [5.41, 5.74) is 1.25. The van der Waals surface area contributed by atoms with Crippen LogP contribution in [0, 0.1) is 0 Å². The maximum atomic E-state index is 4.41. The summed E-state index contributed by atoms with van der Waals surface area (Å²) >= 11 is 0. The molecule has 7 nitrogen and oxygen atoms in total. The Kier molecular flexibility index (Phi) is 6.38. The molecule has 138 valence electrons. The van der Waals surface area contributed by atoms with E-state index in [-0.39, 0.29) is 0 Å². The SMILES string of the molecule is CN=C(NCc1nncn1C)N1CCN(CC=Cc2ccccc2)CC1. The molecule has 1 aliphatic rings. The number of aromatic nitrogens is 3. The fourth-order valence-electron chi connectivity index (χ4n) is 3.00. The number of nitrogens with zero attached hydrogens (tertiary/aromatic N) is 6. The molecular weight excluding hydrogens is 326 g/mol. The Morgan fingerprint density at radius 1 is 1.19 bits per heavy atom. The third kappa shape index (κ3) is 4.92. The minimum absolute atomic E-state index is 0.628. The normalized spacial score (nSPS) is 16.4. The Morgan fingerprint density at radius 3 is 2.62 bits per heavy atom. The highest BCUT2D eigenvalue weighted by molar-refractivity contribution is 5.79. The van der Waals surface area contributed by atoms with Crippen LogP contribution in [-0.2, 0) is 13.6 Å². The van der Waals surface area contributed by atoms with Crippen molar-refractivity contribution in [1.29, 1.82) is 0 Å². The van der Waals surface area contributed by atoms with Gasteiger partial charge in [0, 0.05) is 46.8 Å². The highest BCUT2D eigenvalue weighted by Gasteiger charge is 2.18. The Labute approximate surface area is 155 Å². The summed E-state index contributed by atoms with van der Waals surface area (Å²) in [4.78, 5) is 9.17. The van der Waals surface area contributed by atoms with Gasteiger partial charge in [0.05, 0.1) is 6.54 Å². The molecule has 0 atom stereocenters. The zero-order chi connectivity index (χ0) is 18.2. The summed E-state index contributed by atoms with van der Waals surface area (Å²) in [6, 6.07) is 10.4. The highest BCUT2D eigenvalue weighted by atomic mass is 15.4. The average Bonchev–Trinajstić information content (AvgIpc) is 3.09. The van der Waals surface area contributed by atoms with Gasteiger partial charge in [0.1, 0.15) is 6.33 Å². The van der Waals surface area contributed by atoms with Crippen molar-refractivity contribution in [2.75, 3.05) is 39.8 Å². The predicted octanol–water partition coefficient (Wildman–Crippen LogP) is 1.22. The summed E-state index contributed by atoms with van der Waals surface area (Å²) in [5, 5.41) is 11.4. The smallest absolute Gasteiger partial charge is 0.194 e. The number of hydrogen-bond acceptors (Lipinski definition) is 4. The average molecular weight is 353 g/mol. The maximum absolute atomic E-state index is 4.41. The first-order chi connectivity index (χ1) is 12.8. The van der Waals surface area contributed by atoms with Crippen molar-refractivity contribution in [3.63, 3.8) is 0 Å². The molecule has 0 spiro atoms. The number of piperazine rings is 1. The van der Waals surface area contributed by atoms with Crippen molar-refractivity contribution in [2.24, 2.45) is 12.0 Å². The summed E-state index contributed by atoms with van der Waals surface area (Å²) in [6.45, 7) is 5.61. The van der Waals surface area contributed by atoms with E-state index < -0.39 is 0 Å². The third-order valence-corrected chi connectivity index (χ3v) is 4.57. The summed E-state index contributed by atoms with van der Waals surface area (Å²) in [7, 11) is 3.77. The highest BCUT2D eigenvalue weighted by Crippen LogP contribution is 2.05. The lowest BCUT2D eigenvalue weighted by Gasteiger charge is -2.36. The van der Waals surface area contributed by atoms with Crippen LogP contribution in [0.25, 0.3) is 6.08 Å². The second-order valence-electron chi connectivity index (χ2n) is 6.36. The quantitative estimate of drug-likeness (QED) is 0.647. The van der Waals surface area contributed by atoms with Gasteiger partial charge in [-0.25, -0.2) is 0 Å². The monoisotopic (exact) mass is 353 g/mol. The van der Waals surface area contributed by atoms with E-state index >= 15 is 0 Å². The van der Waals surface area contributed by atoms with Crippen LogP contribution in [0.1, 0.15) is 11.4 Å². The topological polar surface area (TPSA) is 61.6 Å². The van der Waals surface area contributed by atoms with Crippen LogP contribution in [-0.4, -0.2) is 70.3 Å². The summed E-state index contributed by atoms with van der Waals surface area (Å²) in [5.74, 6) is 1.82. The van der Waals surface area contributed by atoms with E-state index in [2.05, 4.69) is 66.7 Å². The van der Waals surface area contributed by atoms with E-state index in [9.17, 15) is 0 Å². The van der Waals surface area contributed by atoms with Crippen LogP contribution in [0.15, 0.2) is 47.7 Å². The number of benzene rings is 1. The molecule has 1 aromatic carbocycles. The van der Waals surface area contributed by atoms with Crippen molar-refractivity contribution in [2.45, 2.75) is 6.54 Å². The van der Waals surface area contributed by atoms with Crippen molar-refractivity contribution in [3.05, 3.63) is 54.1 Å². The zero-order valence-corrected chi connectivity index (χ0v) is 15.5. The van der Waals surface area contributed by atoms with E-state index in [0.29, 0.717) is 6.54 Å². The largest absolute Gasteiger partial charge is 0.349 e. The van der Waals surface area contributed by atoms with Gasteiger partial charge in [0.2, 0.25) is 0 Å². The van der Waals surface area contributed by atoms with Crippen molar-refractivity contribution in [1.82, 2.24) is 29.9 Å². The minimum atomic E-state index is 0.628. The Hall–Kier alpha value is -2.67. The first-order valence-electron chi connectivity index (χ1n) is 8.98. The molecule has 1 fully saturated rings. The van der Waals surface area contributed by atoms with Gasteiger partial charge in [-0.05, 0) is 5.56 Å². The van der Waals surface area contributed by atoms with E-state index in [1.165, 1.54) is 5.56 Å². The van der Waals surface area contributed by atoms with Gasteiger partial charge in [0.15, 0.2) is 11.8 Å². The van der Waals surface area contributed by atoms with Crippen LogP contribution < -0.4 is 5.32 Å². The van der Waals surface area contributed by atoms with Crippen molar-refractivity contribution < 1.29 is 0 Å². The Bertz CT molecular complexity index is 727. The molecule has 2 aromatic rings. The third-order valence-electron chi connectivity index (χ3n) is 4.57. The molecule has 0 aliphatic carbocycles. The van der Waals surface area contributed by atoms with E-state index in [1.54, 1.807) is 6.33 Å². The molecule has 26 heavy (non-hydrogen) atoms. The van der Waals surface area contributed by atoms with Crippen LogP contribution >= 0.6 is 0 Å². The van der Waals surface area contributed by atoms with Crippen LogP contribution in [0.2, 0.25) is 0 Å². The van der Waals surface area contributed by atoms with E-state index in [0.717, 1.165) is 44.5 Å². The fraction of sp³-hybridized carbons (Fsp3) is 0.421. The number of guanidine groups is 1. The molecule has 1 N–H and O–H groups in total. The van der Waals surface area contributed by atoms with Gasteiger partial charge in [-0.3, -0.25) is 9.89 Å². The minimum Gasteiger partial charge on any atom is -0.349 e. The molecular formula is C19H27N7. The number of rotatable bonds is 5. The van der Waals surface area contributed by atoms with Crippen molar-refractivity contribution in [3.8, 4) is 0 Å². The maximum Gasteiger partial charge on any atom is 0.194 e. The van der Waals surface area contributed by atoms with Gasteiger partial charge in [-0.1, -0.05) is 42.5 Å². The standard InChI is InChI=1S/C19H27N7/c1-20-19(21-15-18-23-22-16-24(18)2)26-13-11-25(12-14-26)10-6-9-17-7-4-3-5-8-17/h3-9,16H,10-15H2,1-2H3,(H,20,21). The molecule has 1 aromatic heterocycles. The molecule has 0 bridgehead atoms. The van der Waals surface area contributed by atoms with Gasteiger partial charge >= 0.3 is 0 Å². The van der Waals surface area contributed by atoms with Crippen molar-refractivity contribution >= 4 is 12.0 Å². The molecule has 1 aliphatic heterocycles. The van der Waals surface area contributed by atoms with Crippen LogP contribution in [0.3, 0.4) is 0 Å². The first-order valence-corrected chi connectivity index (χ1v) is 8.98. The van der Waals surface area contributed by atoms with Gasteiger partial charge in [-0.15, -0.1) is 10.2 Å². The molecule has 0 amide bonds. The van der Waals surface area contributed by atoms with Crippen LogP contribution in [0.4, 0.5) is 0 Å². The lowest BCUT2D eigenvalue weighted by Crippen LogP contribution is -2.52. The Morgan fingerprint density at radius 2 is 1.96 bits per heavy atom. The zero-order valence-electron chi connectivity index (χ0n) is 15.5. The molecule has 2 heterocycles. The number of aryl methyl sites for hydroxylation is 1. The molecule has 3 rings (SSSR count). The van der Waals surface area contributed by atoms with Crippen LogP contribution in [0.5, 0.6) is 0 Å². The fourth-order valence-corrected chi connectivity index (χ4v) is 3.00. The second kappa shape index (κ2) is 9.15.